The van der Waals surface area contributed by atoms with Gasteiger partial charge >= 0.3 is 6.03 Å². The number of hydrogen-bond donors (Lipinski definition) is 2. The molecule has 9 heteroatoms. The van der Waals surface area contributed by atoms with Gasteiger partial charge in [-0.2, -0.15) is 5.10 Å². The van der Waals surface area contributed by atoms with Gasteiger partial charge in [-0.05, 0) is 74.0 Å². The van der Waals surface area contributed by atoms with Gasteiger partial charge in [0.25, 0.3) is 0 Å². The fourth-order valence-corrected chi connectivity index (χ4v) is 2.95. The Balaban J connectivity index is 1.34. The Labute approximate surface area is 185 Å². The minimum absolute atomic E-state index is 0.345. The first kappa shape index (κ1) is 20.9. The van der Waals surface area contributed by atoms with Crippen LogP contribution in [0.25, 0.3) is 5.82 Å². The molecule has 2 N–H and O–H groups in total. The number of amides is 2. The summed E-state index contributed by atoms with van der Waals surface area (Å²) in [7, 11) is 1.60. The number of aryl methyl sites for hydroxylation is 2. The third-order valence-corrected chi connectivity index (χ3v) is 4.60. The van der Waals surface area contributed by atoms with E-state index in [0.717, 1.165) is 17.0 Å². The van der Waals surface area contributed by atoms with Crippen molar-refractivity contribution in [2.24, 2.45) is 0 Å². The second-order valence-corrected chi connectivity index (χ2v) is 7.02. The van der Waals surface area contributed by atoms with Crippen LogP contribution in [0.3, 0.4) is 0 Å². The molecule has 0 saturated heterocycles. The first-order valence-corrected chi connectivity index (χ1v) is 9.87. The quantitative estimate of drug-likeness (QED) is 0.459. The zero-order valence-electron chi connectivity index (χ0n) is 17.9. The number of carbonyl (C=O) groups is 1. The Bertz CT molecular complexity index is 1220. The minimum Gasteiger partial charge on any atom is -0.497 e. The van der Waals surface area contributed by atoms with Crippen LogP contribution >= 0.6 is 0 Å². The van der Waals surface area contributed by atoms with Gasteiger partial charge in [0.1, 0.15) is 11.5 Å². The summed E-state index contributed by atoms with van der Waals surface area (Å²) in [4.78, 5) is 12.3. The van der Waals surface area contributed by atoms with Crippen molar-refractivity contribution in [2.45, 2.75) is 13.8 Å². The molecule has 0 aliphatic rings. The number of benzene rings is 2. The van der Waals surface area contributed by atoms with Crippen molar-refractivity contribution in [3.63, 3.8) is 0 Å². The number of methoxy groups -OCH3 is 1. The second-order valence-electron chi connectivity index (χ2n) is 7.02. The molecule has 0 atom stereocenters. The third-order valence-electron chi connectivity index (χ3n) is 4.60. The molecule has 0 unspecified atom stereocenters. The number of ether oxygens (including phenoxy) is 2. The van der Waals surface area contributed by atoms with Crippen molar-refractivity contribution in [3.05, 3.63) is 78.1 Å². The zero-order chi connectivity index (χ0) is 22.5. The van der Waals surface area contributed by atoms with E-state index in [4.69, 9.17) is 9.47 Å². The molecule has 4 rings (SSSR count). The predicted octanol–water partition coefficient (Wildman–Crippen LogP) is 4.72. The predicted molar refractivity (Wildman–Crippen MR) is 121 cm³/mol. The number of aromatic nitrogens is 4. The van der Waals surface area contributed by atoms with E-state index >= 15 is 0 Å². The van der Waals surface area contributed by atoms with Crippen LogP contribution in [-0.4, -0.2) is 33.1 Å². The number of urea groups is 1. The monoisotopic (exact) mass is 430 g/mol. The number of carbonyl (C=O) groups excluding carboxylic acids is 1. The number of rotatable bonds is 6. The normalized spacial score (nSPS) is 10.5. The Kier molecular flexibility index (Phi) is 5.98. The molecular formula is C23H22N6O3. The molecule has 2 heterocycles. The number of anilines is 2. The molecule has 0 bridgehead atoms. The van der Waals surface area contributed by atoms with E-state index in [2.05, 4.69) is 25.9 Å². The second kappa shape index (κ2) is 9.17. The van der Waals surface area contributed by atoms with E-state index in [1.165, 1.54) is 0 Å². The molecule has 162 valence electrons. The van der Waals surface area contributed by atoms with Crippen molar-refractivity contribution in [2.75, 3.05) is 17.7 Å². The topological polar surface area (TPSA) is 103 Å². The minimum atomic E-state index is -0.345. The first-order valence-electron chi connectivity index (χ1n) is 9.87. The van der Waals surface area contributed by atoms with Crippen LogP contribution in [0, 0.1) is 13.8 Å². The van der Waals surface area contributed by atoms with Gasteiger partial charge in [-0.3, -0.25) is 0 Å². The van der Waals surface area contributed by atoms with Gasteiger partial charge in [0, 0.05) is 23.6 Å². The summed E-state index contributed by atoms with van der Waals surface area (Å²) in [6, 6.07) is 17.4. The van der Waals surface area contributed by atoms with Gasteiger partial charge in [-0.25, -0.2) is 9.48 Å². The van der Waals surface area contributed by atoms with E-state index in [0.29, 0.717) is 28.8 Å². The van der Waals surface area contributed by atoms with E-state index < -0.39 is 0 Å². The van der Waals surface area contributed by atoms with Crippen LogP contribution in [0.5, 0.6) is 17.4 Å². The first-order chi connectivity index (χ1) is 15.5. The summed E-state index contributed by atoms with van der Waals surface area (Å²) in [5.41, 5.74) is 3.12. The van der Waals surface area contributed by atoms with Gasteiger partial charge in [-0.1, -0.05) is 0 Å². The maximum Gasteiger partial charge on any atom is 0.323 e. The fourth-order valence-electron chi connectivity index (χ4n) is 2.95. The van der Waals surface area contributed by atoms with Crippen LogP contribution in [0.15, 0.2) is 66.9 Å². The smallest absolute Gasteiger partial charge is 0.323 e. The van der Waals surface area contributed by atoms with Gasteiger partial charge in [0.05, 0.1) is 12.8 Å². The maximum atomic E-state index is 12.3. The average Bonchev–Trinajstić information content (AvgIpc) is 3.23. The highest BCUT2D eigenvalue weighted by Crippen LogP contribution is 2.23. The molecule has 9 nitrogen and oxygen atoms in total. The van der Waals surface area contributed by atoms with Crippen molar-refractivity contribution >= 4 is 17.4 Å². The van der Waals surface area contributed by atoms with Gasteiger partial charge < -0.3 is 20.1 Å². The summed E-state index contributed by atoms with van der Waals surface area (Å²) in [5.74, 6) is 2.26. The maximum absolute atomic E-state index is 12.3. The molecular weight excluding hydrogens is 408 g/mol. The Morgan fingerprint density at radius 2 is 1.69 bits per heavy atom. The van der Waals surface area contributed by atoms with E-state index in [1.807, 2.05) is 32.2 Å². The lowest BCUT2D eigenvalue weighted by Gasteiger charge is -2.11. The molecule has 0 aliphatic carbocycles. The molecule has 0 aliphatic heterocycles. The average molecular weight is 430 g/mol. The van der Waals surface area contributed by atoms with Crippen LogP contribution in [0.4, 0.5) is 16.2 Å². The van der Waals surface area contributed by atoms with Crippen molar-refractivity contribution in [1.82, 2.24) is 20.0 Å². The largest absolute Gasteiger partial charge is 0.497 e. The Morgan fingerprint density at radius 3 is 2.31 bits per heavy atom. The molecule has 2 aromatic carbocycles. The summed E-state index contributed by atoms with van der Waals surface area (Å²) in [6.45, 7) is 3.81. The van der Waals surface area contributed by atoms with Crippen molar-refractivity contribution < 1.29 is 14.3 Å². The third kappa shape index (κ3) is 5.01. The van der Waals surface area contributed by atoms with Crippen LogP contribution < -0.4 is 20.1 Å². The summed E-state index contributed by atoms with van der Waals surface area (Å²) < 4.78 is 12.5. The van der Waals surface area contributed by atoms with Crippen LogP contribution in [0.2, 0.25) is 0 Å². The Morgan fingerprint density at radius 1 is 0.906 bits per heavy atom. The highest BCUT2D eigenvalue weighted by Gasteiger charge is 2.07. The number of hydrogen-bond acceptors (Lipinski definition) is 6. The molecule has 0 saturated carbocycles. The standard InChI is InChI=1S/C23H22N6O3/c1-15-14-19(31-3)8-9-20(15)25-23(30)24-17-4-6-18(7-5-17)32-22-11-10-21(26-27-22)29-13-12-16(2)28-29/h4-14H,1-3H3,(H2,24,25,30). The molecule has 0 radical (unpaired) electrons. The summed E-state index contributed by atoms with van der Waals surface area (Å²) >= 11 is 0. The van der Waals surface area contributed by atoms with Gasteiger partial charge in [0.2, 0.25) is 5.88 Å². The SMILES string of the molecule is COc1ccc(NC(=O)Nc2ccc(Oc3ccc(-n4ccc(C)n4)nn3)cc2)c(C)c1. The van der Waals surface area contributed by atoms with Crippen molar-refractivity contribution in [1.29, 1.82) is 0 Å². The van der Waals surface area contributed by atoms with Crippen LogP contribution in [0.1, 0.15) is 11.3 Å². The van der Waals surface area contributed by atoms with Crippen LogP contribution in [-0.2, 0) is 0 Å². The van der Waals surface area contributed by atoms with Gasteiger partial charge in [0.15, 0.2) is 5.82 Å². The molecule has 2 amide bonds. The Hall–Kier alpha value is -4.40. The van der Waals surface area contributed by atoms with Gasteiger partial charge in [-0.15, -0.1) is 10.2 Å². The summed E-state index contributed by atoms with van der Waals surface area (Å²) in [6.07, 6.45) is 1.82. The molecule has 0 fully saturated rings. The highest BCUT2D eigenvalue weighted by molar-refractivity contribution is 6.00. The molecule has 0 spiro atoms. The lowest BCUT2D eigenvalue weighted by atomic mass is 10.2. The molecule has 32 heavy (non-hydrogen) atoms. The van der Waals surface area contributed by atoms with E-state index in [9.17, 15) is 4.79 Å². The number of nitrogens with zero attached hydrogens (tertiary/aromatic N) is 4. The zero-order valence-corrected chi connectivity index (χ0v) is 17.9. The molecule has 2 aromatic heterocycles. The highest BCUT2D eigenvalue weighted by atomic mass is 16.5. The van der Waals surface area contributed by atoms with E-state index in [1.54, 1.807) is 60.3 Å². The lowest BCUT2D eigenvalue weighted by molar-refractivity contribution is 0.262. The fraction of sp³-hybridized carbons (Fsp3) is 0.130. The molecule has 4 aromatic rings. The van der Waals surface area contributed by atoms with E-state index in [-0.39, 0.29) is 6.03 Å². The van der Waals surface area contributed by atoms with Crippen molar-refractivity contribution in [3.8, 4) is 23.2 Å². The summed E-state index contributed by atoms with van der Waals surface area (Å²) in [5, 5.41) is 18.1. The lowest BCUT2D eigenvalue weighted by Crippen LogP contribution is -2.19. The number of nitrogens with one attached hydrogen (secondary N) is 2.